The Morgan fingerprint density at radius 2 is 2.06 bits per heavy atom. The Bertz CT molecular complexity index is 383. The molecule has 3 heteroatoms. The lowest BCUT2D eigenvalue weighted by atomic mass is 10.1. The SMILES string of the molecule is CCCOc1c(C)cccc1C(=O)OC(C)C. The van der Waals surface area contributed by atoms with Crippen LogP contribution in [0.4, 0.5) is 0 Å². The van der Waals surface area contributed by atoms with Crippen LogP contribution in [0.25, 0.3) is 0 Å². The van der Waals surface area contributed by atoms with E-state index in [1.165, 1.54) is 0 Å². The molecule has 0 spiro atoms. The highest BCUT2D eigenvalue weighted by atomic mass is 16.5. The van der Waals surface area contributed by atoms with Crippen molar-refractivity contribution in [3.63, 3.8) is 0 Å². The summed E-state index contributed by atoms with van der Waals surface area (Å²) in [7, 11) is 0. The predicted octanol–water partition coefficient (Wildman–Crippen LogP) is 3.35. The quantitative estimate of drug-likeness (QED) is 0.735. The minimum atomic E-state index is -0.324. The van der Waals surface area contributed by atoms with Crippen molar-refractivity contribution in [1.82, 2.24) is 0 Å². The third kappa shape index (κ3) is 3.77. The van der Waals surface area contributed by atoms with Crippen LogP contribution in [0.15, 0.2) is 18.2 Å². The van der Waals surface area contributed by atoms with Gasteiger partial charge < -0.3 is 9.47 Å². The highest BCUT2D eigenvalue weighted by Gasteiger charge is 2.16. The van der Waals surface area contributed by atoms with Gasteiger partial charge in [0.1, 0.15) is 11.3 Å². The zero-order valence-electron chi connectivity index (χ0n) is 10.9. The maximum Gasteiger partial charge on any atom is 0.342 e. The third-order valence-corrected chi connectivity index (χ3v) is 2.23. The van der Waals surface area contributed by atoms with Gasteiger partial charge in [-0.15, -0.1) is 0 Å². The predicted molar refractivity (Wildman–Crippen MR) is 67.5 cm³/mol. The first-order valence-electron chi connectivity index (χ1n) is 5.99. The second-order valence-corrected chi connectivity index (χ2v) is 4.25. The summed E-state index contributed by atoms with van der Waals surface area (Å²) in [5.74, 6) is 0.315. The Labute approximate surface area is 103 Å². The molecule has 1 rings (SSSR count). The van der Waals surface area contributed by atoms with Gasteiger partial charge in [0.15, 0.2) is 0 Å². The highest BCUT2D eigenvalue weighted by Crippen LogP contribution is 2.24. The van der Waals surface area contributed by atoms with Crippen molar-refractivity contribution >= 4 is 5.97 Å². The monoisotopic (exact) mass is 236 g/mol. The van der Waals surface area contributed by atoms with Crippen molar-refractivity contribution in [3.8, 4) is 5.75 Å². The zero-order valence-corrected chi connectivity index (χ0v) is 10.9. The number of hydrogen-bond acceptors (Lipinski definition) is 3. The Balaban J connectivity index is 2.97. The molecule has 0 saturated heterocycles. The van der Waals surface area contributed by atoms with E-state index in [-0.39, 0.29) is 12.1 Å². The number of para-hydroxylation sites is 1. The van der Waals surface area contributed by atoms with E-state index in [4.69, 9.17) is 9.47 Å². The van der Waals surface area contributed by atoms with Crippen molar-refractivity contribution in [2.45, 2.75) is 40.2 Å². The molecule has 0 saturated carbocycles. The van der Waals surface area contributed by atoms with Crippen LogP contribution in [0, 0.1) is 6.92 Å². The molecule has 0 aliphatic heterocycles. The van der Waals surface area contributed by atoms with Gasteiger partial charge in [0.25, 0.3) is 0 Å². The Hall–Kier alpha value is -1.51. The fraction of sp³-hybridized carbons (Fsp3) is 0.500. The number of carbonyl (C=O) groups is 1. The maximum atomic E-state index is 11.9. The van der Waals surface area contributed by atoms with E-state index in [2.05, 4.69) is 0 Å². The minimum Gasteiger partial charge on any atom is -0.492 e. The summed E-state index contributed by atoms with van der Waals surface area (Å²) in [4.78, 5) is 11.9. The molecule has 0 radical (unpaired) electrons. The summed E-state index contributed by atoms with van der Waals surface area (Å²) < 4.78 is 10.8. The fourth-order valence-electron chi connectivity index (χ4n) is 1.49. The molecule has 0 heterocycles. The molecule has 1 aromatic rings. The molecule has 0 aromatic heterocycles. The minimum absolute atomic E-state index is 0.123. The summed E-state index contributed by atoms with van der Waals surface area (Å²) >= 11 is 0. The molecule has 0 unspecified atom stereocenters. The van der Waals surface area contributed by atoms with Crippen molar-refractivity contribution < 1.29 is 14.3 Å². The van der Waals surface area contributed by atoms with Crippen LogP contribution in [-0.2, 0) is 4.74 Å². The zero-order chi connectivity index (χ0) is 12.8. The summed E-state index contributed by atoms with van der Waals surface area (Å²) in [6.07, 6.45) is 0.787. The largest absolute Gasteiger partial charge is 0.492 e. The number of benzene rings is 1. The van der Waals surface area contributed by atoms with Crippen molar-refractivity contribution in [2.24, 2.45) is 0 Å². The highest BCUT2D eigenvalue weighted by molar-refractivity contribution is 5.93. The van der Waals surface area contributed by atoms with Crippen molar-refractivity contribution in [1.29, 1.82) is 0 Å². The average molecular weight is 236 g/mol. The van der Waals surface area contributed by atoms with Crippen molar-refractivity contribution in [3.05, 3.63) is 29.3 Å². The van der Waals surface area contributed by atoms with E-state index in [0.717, 1.165) is 12.0 Å². The molecule has 0 fully saturated rings. The molecule has 0 atom stereocenters. The van der Waals surface area contributed by atoms with Gasteiger partial charge in [-0.1, -0.05) is 19.1 Å². The molecular formula is C14H20O3. The van der Waals surface area contributed by atoms with Crippen LogP contribution in [0.5, 0.6) is 5.75 Å². The number of esters is 1. The number of carbonyl (C=O) groups excluding carboxylic acids is 1. The first-order valence-corrected chi connectivity index (χ1v) is 5.99. The molecule has 0 amide bonds. The van der Waals surface area contributed by atoms with E-state index in [9.17, 15) is 4.79 Å². The number of ether oxygens (including phenoxy) is 2. The lowest BCUT2D eigenvalue weighted by Crippen LogP contribution is -2.13. The lowest BCUT2D eigenvalue weighted by molar-refractivity contribution is 0.0373. The first kappa shape index (κ1) is 13.6. The second-order valence-electron chi connectivity index (χ2n) is 4.25. The number of rotatable bonds is 5. The van der Waals surface area contributed by atoms with Gasteiger partial charge in [0.05, 0.1) is 12.7 Å². The summed E-state index contributed by atoms with van der Waals surface area (Å²) in [6, 6.07) is 5.50. The molecular weight excluding hydrogens is 216 g/mol. The summed E-state index contributed by atoms with van der Waals surface area (Å²) in [5, 5.41) is 0. The van der Waals surface area contributed by atoms with Crippen LogP contribution >= 0.6 is 0 Å². The Morgan fingerprint density at radius 3 is 2.65 bits per heavy atom. The molecule has 17 heavy (non-hydrogen) atoms. The van der Waals surface area contributed by atoms with Crippen LogP contribution in [0.3, 0.4) is 0 Å². The summed E-state index contributed by atoms with van der Waals surface area (Å²) in [5.41, 5.74) is 1.46. The normalized spacial score (nSPS) is 10.4. The molecule has 3 nitrogen and oxygen atoms in total. The molecule has 94 valence electrons. The van der Waals surface area contributed by atoms with Gasteiger partial charge in [-0.05, 0) is 38.8 Å². The van der Waals surface area contributed by atoms with E-state index < -0.39 is 0 Å². The van der Waals surface area contributed by atoms with E-state index >= 15 is 0 Å². The van der Waals surface area contributed by atoms with Gasteiger partial charge in [-0.2, -0.15) is 0 Å². The van der Waals surface area contributed by atoms with Gasteiger partial charge in [0, 0.05) is 0 Å². The topological polar surface area (TPSA) is 35.5 Å². The maximum absolute atomic E-state index is 11.9. The van der Waals surface area contributed by atoms with Crippen LogP contribution < -0.4 is 4.74 Å². The van der Waals surface area contributed by atoms with Gasteiger partial charge in [-0.25, -0.2) is 4.79 Å². The first-order chi connectivity index (χ1) is 8.06. The Morgan fingerprint density at radius 1 is 1.35 bits per heavy atom. The molecule has 0 aliphatic carbocycles. The molecule has 1 aromatic carbocycles. The number of aryl methyl sites for hydroxylation is 1. The van der Waals surface area contributed by atoms with Crippen molar-refractivity contribution in [2.75, 3.05) is 6.61 Å². The van der Waals surface area contributed by atoms with Crippen LogP contribution in [-0.4, -0.2) is 18.7 Å². The lowest BCUT2D eigenvalue weighted by Gasteiger charge is -2.14. The van der Waals surface area contributed by atoms with Gasteiger partial charge >= 0.3 is 5.97 Å². The van der Waals surface area contributed by atoms with E-state index in [1.807, 2.05) is 39.8 Å². The Kier molecular flexibility index (Phi) is 5.01. The van der Waals surface area contributed by atoms with Gasteiger partial charge in [0.2, 0.25) is 0 Å². The standard InChI is InChI=1S/C14H20O3/c1-5-9-16-13-11(4)7-6-8-12(13)14(15)17-10(2)3/h6-8,10H,5,9H2,1-4H3. The molecule has 0 aliphatic rings. The smallest absolute Gasteiger partial charge is 0.342 e. The summed E-state index contributed by atoms with van der Waals surface area (Å²) in [6.45, 7) is 8.23. The number of hydrogen-bond donors (Lipinski definition) is 0. The van der Waals surface area contributed by atoms with Crippen LogP contribution in [0.1, 0.15) is 43.1 Å². The van der Waals surface area contributed by atoms with E-state index in [0.29, 0.717) is 17.9 Å². The average Bonchev–Trinajstić information content (AvgIpc) is 2.26. The third-order valence-electron chi connectivity index (χ3n) is 2.23. The second kappa shape index (κ2) is 6.28. The van der Waals surface area contributed by atoms with Gasteiger partial charge in [-0.3, -0.25) is 0 Å². The van der Waals surface area contributed by atoms with E-state index in [1.54, 1.807) is 6.07 Å². The molecule has 0 N–H and O–H groups in total. The fourth-order valence-corrected chi connectivity index (χ4v) is 1.49. The molecule has 0 bridgehead atoms. The van der Waals surface area contributed by atoms with Crippen LogP contribution in [0.2, 0.25) is 0 Å².